The van der Waals surface area contributed by atoms with Gasteiger partial charge in [-0.25, -0.2) is 4.79 Å². The normalized spacial score (nSPS) is 18.2. The molecule has 0 aromatic rings. The number of carbonyl (C=O) groups is 2. The molecule has 0 atom stereocenters. The van der Waals surface area contributed by atoms with E-state index in [0.29, 0.717) is 5.57 Å². The molecule has 0 aromatic heterocycles. The van der Waals surface area contributed by atoms with Gasteiger partial charge in [-0.3, -0.25) is 4.79 Å². The lowest BCUT2D eigenvalue weighted by Crippen LogP contribution is -2.28. The summed E-state index contributed by atoms with van der Waals surface area (Å²) in [7, 11) is 0. The van der Waals surface area contributed by atoms with Gasteiger partial charge in [-0.15, -0.1) is 0 Å². The summed E-state index contributed by atoms with van der Waals surface area (Å²) in [6, 6.07) is 0. The molecule has 0 bridgehead atoms. The molecule has 0 saturated heterocycles. The second kappa shape index (κ2) is 7.07. The molecule has 2 N–H and O–H groups in total. The number of allylic oxidation sites excluding steroid dienone is 3. The lowest BCUT2D eigenvalue weighted by Gasteiger charge is -2.35. The average Bonchev–Trinajstić information content (AvgIpc) is 2.36. The van der Waals surface area contributed by atoms with Crippen LogP contribution in [0.1, 0.15) is 40.0 Å². The zero-order chi connectivity index (χ0) is 16.0. The molecule has 4 nitrogen and oxygen atoms in total. The number of carboxylic acid groups (broad SMARTS) is 1. The third kappa shape index (κ3) is 4.74. The number of carboxylic acids is 1. The molecule has 0 saturated carbocycles. The Morgan fingerprint density at radius 2 is 2.00 bits per heavy atom. The molecule has 1 aliphatic rings. The minimum Gasteiger partial charge on any atom is -0.478 e. The number of hydrogen-bond acceptors (Lipinski definition) is 2. The second-order valence-electron chi connectivity index (χ2n) is 5.90. The van der Waals surface area contributed by atoms with Crippen LogP contribution in [0.15, 0.2) is 47.7 Å². The van der Waals surface area contributed by atoms with Crippen molar-refractivity contribution in [1.29, 1.82) is 0 Å². The number of aliphatic carboxylic acids is 1. The van der Waals surface area contributed by atoms with E-state index in [-0.39, 0.29) is 11.3 Å². The molecule has 0 radical (unpaired) electrons. The van der Waals surface area contributed by atoms with E-state index in [1.54, 1.807) is 0 Å². The van der Waals surface area contributed by atoms with E-state index in [0.717, 1.165) is 30.9 Å². The molecule has 0 fully saturated rings. The summed E-state index contributed by atoms with van der Waals surface area (Å²) in [5.74, 6) is -1.28. The fourth-order valence-electron chi connectivity index (χ4n) is 2.81. The van der Waals surface area contributed by atoms with Crippen molar-refractivity contribution in [2.75, 3.05) is 0 Å². The Hall–Kier alpha value is -2.10. The van der Waals surface area contributed by atoms with E-state index in [9.17, 15) is 9.59 Å². The monoisotopic (exact) mass is 289 g/mol. The topological polar surface area (TPSA) is 66.4 Å². The van der Waals surface area contributed by atoms with Crippen LogP contribution in [0.25, 0.3) is 0 Å². The van der Waals surface area contributed by atoms with Crippen LogP contribution >= 0.6 is 0 Å². The second-order valence-corrected chi connectivity index (χ2v) is 5.90. The summed E-state index contributed by atoms with van der Waals surface area (Å²) in [5, 5.41) is 11.1. The Kier molecular flexibility index (Phi) is 5.70. The summed E-state index contributed by atoms with van der Waals surface area (Å²) in [4.78, 5) is 22.4. The number of hydrogen-bond donors (Lipinski definition) is 2. The first-order valence-electron chi connectivity index (χ1n) is 7.02. The minimum absolute atomic E-state index is 0.0380. The molecule has 0 unspecified atom stereocenters. The fourth-order valence-corrected chi connectivity index (χ4v) is 2.81. The highest BCUT2D eigenvalue weighted by atomic mass is 16.4. The van der Waals surface area contributed by atoms with Crippen molar-refractivity contribution in [2.24, 2.45) is 5.41 Å². The third-order valence-corrected chi connectivity index (χ3v) is 3.69. The van der Waals surface area contributed by atoms with Crippen LogP contribution in [0.4, 0.5) is 0 Å². The van der Waals surface area contributed by atoms with Crippen molar-refractivity contribution < 1.29 is 14.7 Å². The van der Waals surface area contributed by atoms with Gasteiger partial charge in [0.1, 0.15) is 0 Å². The van der Waals surface area contributed by atoms with Crippen LogP contribution in [0.2, 0.25) is 0 Å². The molecule has 114 valence electrons. The smallest absolute Gasteiger partial charge is 0.328 e. The van der Waals surface area contributed by atoms with E-state index >= 15 is 0 Å². The van der Waals surface area contributed by atoms with Gasteiger partial charge in [0.2, 0.25) is 0 Å². The zero-order valence-corrected chi connectivity index (χ0v) is 12.9. The molecule has 0 heterocycles. The molecular formula is C17H23NO3. The lowest BCUT2D eigenvalue weighted by atomic mass is 9.70. The summed E-state index contributed by atoms with van der Waals surface area (Å²) < 4.78 is 0. The van der Waals surface area contributed by atoms with Gasteiger partial charge >= 0.3 is 5.97 Å². The summed E-state index contributed by atoms with van der Waals surface area (Å²) in [6.45, 7) is 10.3. The quantitative estimate of drug-likeness (QED) is 0.602. The van der Waals surface area contributed by atoms with Gasteiger partial charge in [-0.2, -0.15) is 0 Å². The Bertz CT molecular complexity index is 536. The van der Waals surface area contributed by atoms with Crippen LogP contribution in [0.5, 0.6) is 0 Å². The van der Waals surface area contributed by atoms with Crippen LogP contribution < -0.4 is 5.32 Å². The van der Waals surface area contributed by atoms with Crippen LogP contribution in [-0.2, 0) is 9.59 Å². The summed E-state index contributed by atoms with van der Waals surface area (Å²) in [6.07, 6.45) is 8.41. The molecule has 0 spiro atoms. The third-order valence-electron chi connectivity index (χ3n) is 3.69. The number of carbonyl (C=O) groups excluding carboxylic acids is 1. The maximum atomic E-state index is 12.1. The number of rotatable bonds is 5. The van der Waals surface area contributed by atoms with Crippen LogP contribution in [0, 0.1) is 5.41 Å². The zero-order valence-electron chi connectivity index (χ0n) is 12.9. The van der Waals surface area contributed by atoms with Crippen LogP contribution in [-0.4, -0.2) is 17.0 Å². The number of amides is 1. The Labute approximate surface area is 125 Å². The molecule has 4 heteroatoms. The van der Waals surface area contributed by atoms with Crippen molar-refractivity contribution in [1.82, 2.24) is 5.32 Å². The van der Waals surface area contributed by atoms with E-state index in [1.807, 2.05) is 0 Å². The van der Waals surface area contributed by atoms with E-state index < -0.39 is 5.97 Å². The van der Waals surface area contributed by atoms with Crippen molar-refractivity contribution in [3.8, 4) is 0 Å². The summed E-state index contributed by atoms with van der Waals surface area (Å²) in [5.41, 5.74) is 2.72. The molecule has 1 aliphatic carbocycles. The van der Waals surface area contributed by atoms with Crippen LogP contribution in [0.3, 0.4) is 0 Å². The molecule has 1 amide bonds. The highest BCUT2D eigenvalue weighted by Crippen LogP contribution is 2.43. The Morgan fingerprint density at radius 1 is 1.33 bits per heavy atom. The summed E-state index contributed by atoms with van der Waals surface area (Å²) >= 11 is 0. The Morgan fingerprint density at radius 3 is 2.57 bits per heavy atom. The van der Waals surface area contributed by atoms with Crippen molar-refractivity contribution in [3.63, 3.8) is 0 Å². The van der Waals surface area contributed by atoms with E-state index in [1.165, 1.54) is 23.9 Å². The first kappa shape index (κ1) is 17.0. The predicted molar refractivity (Wildman–Crippen MR) is 83.5 cm³/mol. The first-order chi connectivity index (χ1) is 9.75. The van der Waals surface area contributed by atoms with Gasteiger partial charge in [0, 0.05) is 17.8 Å². The molecule has 0 aliphatic heterocycles. The highest BCUT2D eigenvalue weighted by Gasteiger charge is 2.31. The van der Waals surface area contributed by atoms with E-state index in [4.69, 9.17) is 5.11 Å². The minimum atomic E-state index is -1.03. The SMILES string of the molecule is C=C(C(=O)NC=CC=CC(=O)O)C1=C(C)CCCC1(C)C. The predicted octanol–water partition coefficient (Wildman–Crippen LogP) is 3.34. The lowest BCUT2D eigenvalue weighted by molar-refractivity contribution is -0.131. The standard InChI is InChI=1S/C17H23NO3/c1-12-8-7-10-17(3,4)15(12)13(2)16(21)18-11-6-5-9-14(19)20/h5-6,9,11H,2,7-8,10H2,1,3-4H3,(H,18,21)(H,19,20). The number of nitrogens with one attached hydrogen (secondary N) is 1. The highest BCUT2D eigenvalue weighted by molar-refractivity contribution is 5.98. The van der Waals surface area contributed by atoms with Crippen molar-refractivity contribution in [3.05, 3.63) is 47.7 Å². The van der Waals surface area contributed by atoms with Gasteiger partial charge in [-0.05, 0) is 43.3 Å². The van der Waals surface area contributed by atoms with E-state index in [2.05, 4.69) is 32.7 Å². The molecular weight excluding hydrogens is 266 g/mol. The van der Waals surface area contributed by atoms with Gasteiger partial charge < -0.3 is 10.4 Å². The Balaban J connectivity index is 2.75. The van der Waals surface area contributed by atoms with Gasteiger partial charge in [0.05, 0.1) is 0 Å². The molecule has 1 rings (SSSR count). The molecule has 0 aromatic carbocycles. The fraction of sp³-hybridized carbons (Fsp3) is 0.412. The van der Waals surface area contributed by atoms with Gasteiger partial charge in [-0.1, -0.05) is 32.1 Å². The average molecular weight is 289 g/mol. The van der Waals surface area contributed by atoms with Crippen molar-refractivity contribution in [2.45, 2.75) is 40.0 Å². The first-order valence-corrected chi connectivity index (χ1v) is 7.02. The maximum Gasteiger partial charge on any atom is 0.328 e. The van der Waals surface area contributed by atoms with Crippen molar-refractivity contribution >= 4 is 11.9 Å². The largest absolute Gasteiger partial charge is 0.478 e. The van der Waals surface area contributed by atoms with Gasteiger partial charge in [0.15, 0.2) is 0 Å². The van der Waals surface area contributed by atoms with Gasteiger partial charge in [0.25, 0.3) is 5.91 Å². The molecule has 21 heavy (non-hydrogen) atoms. The maximum absolute atomic E-state index is 12.1.